The molecule has 0 aromatic heterocycles. The van der Waals surface area contributed by atoms with Gasteiger partial charge in [-0.25, -0.2) is 0 Å². The van der Waals surface area contributed by atoms with Crippen molar-refractivity contribution in [1.82, 2.24) is 5.32 Å². The van der Waals surface area contributed by atoms with E-state index >= 15 is 0 Å². The first-order chi connectivity index (χ1) is 7.44. The Hall–Kier alpha value is -0.610. The maximum atomic E-state index is 9.56. The van der Waals surface area contributed by atoms with Gasteiger partial charge in [-0.15, -0.1) is 0 Å². The molecule has 90 valence electrons. The van der Waals surface area contributed by atoms with Gasteiger partial charge < -0.3 is 15.5 Å². The van der Waals surface area contributed by atoms with E-state index in [1.807, 2.05) is 25.1 Å². The van der Waals surface area contributed by atoms with Gasteiger partial charge >= 0.3 is 0 Å². The van der Waals surface area contributed by atoms with Crippen LogP contribution in [0.1, 0.15) is 18.1 Å². The number of halogens is 1. The molecule has 0 saturated carbocycles. The molecule has 0 aliphatic heterocycles. The Labute approximate surface area is 101 Å². The molecular formula is C12H18ClNO2. The predicted octanol–water partition coefficient (Wildman–Crippen LogP) is 1.48. The summed E-state index contributed by atoms with van der Waals surface area (Å²) in [5, 5.41) is 22.2. The van der Waals surface area contributed by atoms with Crippen LogP contribution in [-0.2, 0) is 6.54 Å². The van der Waals surface area contributed by atoms with E-state index in [0.29, 0.717) is 13.1 Å². The predicted molar refractivity (Wildman–Crippen MR) is 65.6 cm³/mol. The first kappa shape index (κ1) is 13.5. The van der Waals surface area contributed by atoms with Crippen molar-refractivity contribution in [3.63, 3.8) is 0 Å². The van der Waals surface area contributed by atoms with Gasteiger partial charge in [0.05, 0.1) is 12.2 Å². The van der Waals surface area contributed by atoms with Crippen LogP contribution in [0.2, 0.25) is 5.02 Å². The molecule has 0 aliphatic rings. The van der Waals surface area contributed by atoms with Gasteiger partial charge in [0.15, 0.2) is 0 Å². The number of rotatable bonds is 5. The molecule has 0 saturated heterocycles. The van der Waals surface area contributed by atoms with Gasteiger partial charge in [0.2, 0.25) is 0 Å². The van der Waals surface area contributed by atoms with Gasteiger partial charge in [-0.05, 0) is 31.0 Å². The van der Waals surface area contributed by atoms with E-state index in [1.165, 1.54) is 0 Å². The standard InChI is InChI=1S/C12H18ClNO2/c1-9-3-4-10(5-11(9)13)6-14-7-12(2,16)8-15/h3-5,14-16H,6-8H2,1-2H3. The van der Waals surface area contributed by atoms with Crippen molar-refractivity contribution in [3.8, 4) is 0 Å². The van der Waals surface area contributed by atoms with E-state index in [1.54, 1.807) is 6.92 Å². The number of aliphatic hydroxyl groups excluding tert-OH is 1. The van der Waals surface area contributed by atoms with Crippen LogP contribution in [0.4, 0.5) is 0 Å². The highest BCUT2D eigenvalue weighted by atomic mass is 35.5. The molecule has 0 spiro atoms. The summed E-state index contributed by atoms with van der Waals surface area (Å²) >= 11 is 5.99. The van der Waals surface area contributed by atoms with Crippen LogP contribution >= 0.6 is 11.6 Å². The lowest BCUT2D eigenvalue weighted by Gasteiger charge is -2.20. The SMILES string of the molecule is Cc1ccc(CNCC(C)(O)CO)cc1Cl. The molecule has 0 amide bonds. The molecule has 1 aromatic rings. The van der Waals surface area contributed by atoms with Gasteiger partial charge in [0, 0.05) is 18.1 Å². The average molecular weight is 244 g/mol. The summed E-state index contributed by atoms with van der Waals surface area (Å²) in [5.41, 5.74) is 1.03. The summed E-state index contributed by atoms with van der Waals surface area (Å²) in [6.45, 7) is 4.25. The van der Waals surface area contributed by atoms with Crippen LogP contribution in [0, 0.1) is 6.92 Å². The van der Waals surface area contributed by atoms with Crippen molar-refractivity contribution in [3.05, 3.63) is 34.3 Å². The van der Waals surface area contributed by atoms with Crippen molar-refractivity contribution in [1.29, 1.82) is 0 Å². The summed E-state index contributed by atoms with van der Waals surface area (Å²) in [6, 6.07) is 5.85. The molecule has 0 aliphatic carbocycles. The smallest absolute Gasteiger partial charge is 0.0972 e. The Bertz CT molecular complexity index is 353. The molecule has 3 N–H and O–H groups in total. The third kappa shape index (κ3) is 4.10. The fraction of sp³-hybridized carbons (Fsp3) is 0.500. The van der Waals surface area contributed by atoms with Crippen molar-refractivity contribution in [2.24, 2.45) is 0 Å². The van der Waals surface area contributed by atoms with Gasteiger partial charge in [0.1, 0.15) is 0 Å². The number of benzene rings is 1. The minimum atomic E-state index is -1.07. The third-order valence-corrected chi connectivity index (χ3v) is 2.82. The average Bonchev–Trinajstić information content (AvgIpc) is 2.23. The molecule has 3 nitrogen and oxygen atoms in total. The van der Waals surface area contributed by atoms with Crippen LogP contribution in [-0.4, -0.2) is 29.0 Å². The summed E-state index contributed by atoms with van der Waals surface area (Å²) < 4.78 is 0. The molecule has 1 unspecified atom stereocenters. The van der Waals surface area contributed by atoms with Gasteiger partial charge in [0.25, 0.3) is 0 Å². The van der Waals surface area contributed by atoms with E-state index in [2.05, 4.69) is 5.32 Å². The largest absolute Gasteiger partial charge is 0.393 e. The van der Waals surface area contributed by atoms with E-state index in [4.69, 9.17) is 16.7 Å². The fourth-order valence-corrected chi connectivity index (χ4v) is 1.48. The van der Waals surface area contributed by atoms with E-state index in [9.17, 15) is 5.11 Å². The minimum Gasteiger partial charge on any atom is -0.393 e. The Morgan fingerprint density at radius 2 is 2.12 bits per heavy atom. The third-order valence-electron chi connectivity index (χ3n) is 2.41. The van der Waals surface area contributed by atoms with Gasteiger partial charge in [-0.2, -0.15) is 0 Å². The molecular weight excluding hydrogens is 226 g/mol. The number of hydrogen-bond acceptors (Lipinski definition) is 3. The Balaban J connectivity index is 2.46. The van der Waals surface area contributed by atoms with Gasteiger partial charge in [-0.3, -0.25) is 0 Å². The van der Waals surface area contributed by atoms with E-state index in [-0.39, 0.29) is 6.61 Å². The maximum absolute atomic E-state index is 9.56. The fourth-order valence-electron chi connectivity index (χ4n) is 1.28. The first-order valence-electron chi connectivity index (χ1n) is 5.23. The Kier molecular flexibility index (Phi) is 4.74. The summed E-state index contributed by atoms with van der Waals surface area (Å²) in [4.78, 5) is 0. The summed E-state index contributed by atoms with van der Waals surface area (Å²) in [7, 11) is 0. The monoisotopic (exact) mass is 243 g/mol. The maximum Gasteiger partial charge on any atom is 0.0972 e. The lowest BCUT2D eigenvalue weighted by Crippen LogP contribution is -2.40. The van der Waals surface area contributed by atoms with Crippen molar-refractivity contribution >= 4 is 11.6 Å². The number of aryl methyl sites for hydroxylation is 1. The highest BCUT2D eigenvalue weighted by Gasteiger charge is 2.17. The van der Waals surface area contributed by atoms with Crippen LogP contribution in [0.5, 0.6) is 0 Å². The zero-order valence-corrected chi connectivity index (χ0v) is 10.4. The lowest BCUT2D eigenvalue weighted by molar-refractivity contribution is 0.00254. The normalized spacial score (nSPS) is 14.8. The van der Waals surface area contributed by atoms with E-state index < -0.39 is 5.60 Å². The zero-order chi connectivity index (χ0) is 12.2. The van der Waals surface area contributed by atoms with E-state index in [0.717, 1.165) is 16.1 Å². The van der Waals surface area contributed by atoms with Crippen LogP contribution in [0.15, 0.2) is 18.2 Å². The minimum absolute atomic E-state index is 0.255. The van der Waals surface area contributed by atoms with Crippen LogP contribution < -0.4 is 5.32 Å². The van der Waals surface area contributed by atoms with Crippen LogP contribution in [0.25, 0.3) is 0 Å². The number of aliphatic hydroxyl groups is 2. The zero-order valence-electron chi connectivity index (χ0n) is 9.63. The molecule has 4 heteroatoms. The summed E-state index contributed by atoms with van der Waals surface area (Å²) in [6.07, 6.45) is 0. The lowest BCUT2D eigenvalue weighted by atomic mass is 10.1. The molecule has 1 atom stereocenters. The topological polar surface area (TPSA) is 52.5 Å². The molecule has 1 rings (SSSR count). The second-order valence-corrected chi connectivity index (χ2v) is 4.75. The van der Waals surface area contributed by atoms with Gasteiger partial charge in [-0.1, -0.05) is 23.7 Å². The number of hydrogen-bond donors (Lipinski definition) is 3. The molecule has 0 radical (unpaired) electrons. The van der Waals surface area contributed by atoms with Crippen molar-refractivity contribution in [2.75, 3.05) is 13.2 Å². The second kappa shape index (κ2) is 5.64. The first-order valence-corrected chi connectivity index (χ1v) is 5.61. The molecule has 0 bridgehead atoms. The Morgan fingerprint density at radius 1 is 1.44 bits per heavy atom. The summed E-state index contributed by atoms with van der Waals surface area (Å²) in [5.74, 6) is 0. The quantitative estimate of drug-likeness (QED) is 0.734. The number of nitrogens with one attached hydrogen (secondary N) is 1. The van der Waals surface area contributed by atoms with Crippen molar-refractivity contribution in [2.45, 2.75) is 26.0 Å². The van der Waals surface area contributed by atoms with Crippen molar-refractivity contribution < 1.29 is 10.2 Å². The molecule has 1 aromatic carbocycles. The molecule has 0 heterocycles. The van der Waals surface area contributed by atoms with Crippen LogP contribution in [0.3, 0.4) is 0 Å². The Morgan fingerprint density at radius 3 is 2.69 bits per heavy atom. The highest BCUT2D eigenvalue weighted by Crippen LogP contribution is 2.16. The second-order valence-electron chi connectivity index (χ2n) is 4.34. The molecule has 16 heavy (non-hydrogen) atoms. The highest BCUT2D eigenvalue weighted by molar-refractivity contribution is 6.31. The molecule has 0 fully saturated rings.